The summed E-state index contributed by atoms with van der Waals surface area (Å²) in [4.78, 5) is 11.7. The van der Waals surface area contributed by atoms with Crippen LogP contribution in [0.1, 0.15) is 12.0 Å². The maximum absolute atomic E-state index is 11.7. The molecule has 0 aliphatic heterocycles. The van der Waals surface area contributed by atoms with Gasteiger partial charge in [0.05, 0.1) is 23.7 Å². The zero-order chi connectivity index (χ0) is 22.3. The van der Waals surface area contributed by atoms with E-state index in [0.717, 1.165) is 33.8 Å². The fourth-order valence-electron chi connectivity index (χ4n) is 3.48. The van der Waals surface area contributed by atoms with Crippen LogP contribution in [0.3, 0.4) is 0 Å². The van der Waals surface area contributed by atoms with Crippen LogP contribution in [0.4, 0.5) is 0 Å². The molecule has 6 heteroatoms. The lowest BCUT2D eigenvalue weighted by molar-refractivity contribution is -0.120. The predicted molar refractivity (Wildman–Crippen MR) is 128 cm³/mol. The van der Waals surface area contributed by atoms with Crippen LogP contribution in [0.15, 0.2) is 96.1 Å². The average Bonchev–Trinajstić information content (AvgIpc) is 3.20. The number of aromatic nitrogens is 1. The minimum Gasteiger partial charge on any atom is -0.309 e. The van der Waals surface area contributed by atoms with Gasteiger partial charge in [-0.1, -0.05) is 72.3 Å². The first-order valence-corrected chi connectivity index (χ1v) is 10.4. The number of benzene rings is 3. The molecule has 5 nitrogen and oxygen atoms in total. The molecule has 1 aromatic heterocycles. The van der Waals surface area contributed by atoms with E-state index in [4.69, 9.17) is 16.9 Å². The number of hydrogen-bond donors (Lipinski definition) is 1. The highest BCUT2D eigenvalue weighted by molar-refractivity contribution is 6.30. The molecule has 32 heavy (non-hydrogen) atoms. The van der Waals surface area contributed by atoms with Crippen molar-refractivity contribution in [3.8, 4) is 34.3 Å². The maximum Gasteiger partial charge on any atom is 0.254 e. The summed E-state index contributed by atoms with van der Waals surface area (Å²) in [6.45, 7) is 0. The molecular formula is C26H19ClN4O. The van der Waals surface area contributed by atoms with E-state index >= 15 is 0 Å². The Morgan fingerprint density at radius 1 is 0.969 bits per heavy atom. The normalized spacial score (nSPS) is 10.8. The van der Waals surface area contributed by atoms with Gasteiger partial charge in [-0.25, -0.2) is 5.43 Å². The van der Waals surface area contributed by atoms with Crippen LogP contribution in [0, 0.1) is 11.3 Å². The topological polar surface area (TPSA) is 70.2 Å². The molecule has 0 bridgehead atoms. The number of nitrogens with zero attached hydrogens (tertiary/aromatic N) is 3. The minimum absolute atomic E-state index is 0.246. The first kappa shape index (κ1) is 21.1. The molecule has 1 heterocycles. The van der Waals surface area contributed by atoms with Gasteiger partial charge in [0.25, 0.3) is 5.91 Å². The number of rotatable bonds is 6. The third kappa shape index (κ3) is 4.61. The second-order valence-electron chi connectivity index (χ2n) is 7.01. The van der Waals surface area contributed by atoms with Gasteiger partial charge in [0.1, 0.15) is 6.42 Å². The van der Waals surface area contributed by atoms with Crippen LogP contribution < -0.4 is 5.43 Å². The Morgan fingerprint density at radius 2 is 1.59 bits per heavy atom. The average molecular weight is 439 g/mol. The van der Waals surface area contributed by atoms with Gasteiger partial charge < -0.3 is 4.57 Å². The summed E-state index contributed by atoms with van der Waals surface area (Å²) in [5, 5.41) is 13.4. The summed E-state index contributed by atoms with van der Waals surface area (Å²) < 4.78 is 2.15. The number of halogens is 1. The molecule has 1 amide bonds. The summed E-state index contributed by atoms with van der Waals surface area (Å²) in [5.74, 6) is -0.453. The van der Waals surface area contributed by atoms with E-state index in [1.165, 1.54) is 0 Å². The Balaban J connectivity index is 1.93. The number of carbonyl (C=O) groups is 1. The quantitative estimate of drug-likeness (QED) is 0.304. The summed E-state index contributed by atoms with van der Waals surface area (Å²) >= 11 is 6.15. The van der Waals surface area contributed by atoms with Crippen molar-refractivity contribution in [3.63, 3.8) is 0 Å². The molecule has 0 aliphatic rings. The van der Waals surface area contributed by atoms with Crippen molar-refractivity contribution in [1.29, 1.82) is 5.26 Å². The smallest absolute Gasteiger partial charge is 0.254 e. The van der Waals surface area contributed by atoms with Crippen LogP contribution in [0.5, 0.6) is 0 Å². The second kappa shape index (κ2) is 9.78. The van der Waals surface area contributed by atoms with Crippen molar-refractivity contribution in [2.24, 2.45) is 5.10 Å². The number of amides is 1. The predicted octanol–water partition coefficient (Wildman–Crippen LogP) is 5.83. The Kier molecular flexibility index (Phi) is 6.45. The van der Waals surface area contributed by atoms with Crippen LogP contribution in [0.25, 0.3) is 28.2 Å². The Labute approximate surface area is 191 Å². The number of hydrazone groups is 1. The highest BCUT2D eigenvalue weighted by Gasteiger charge is 2.18. The molecule has 0 aliphatic carbocycles. The molecule has 4 aromatic rings. The van der Waals surface area contributed by atoms with E-state index in [-0.39, 0.29) is 6.42 Å². The van der Waals surface area contributed by atoms with Crippen molar-refractivity contribution in [2.45, 2.75) is 6.42 Å². The summed E-state index contributed by atoms with van der Waals surface area (Å²) in [6.07, 6.45) is 1.36. The third-order valence-corrected chi connectivity index (χ3v) is 5.12. The molecule has 4 rings (SSSR count). The summed E-state index contributed by atoms with van der Waals surface area (Å²) in [6, 6.07) is 31.5. The van der Waals surface area contributed by atoms with Crippen LogP contribution in [-0.4, -0.2) is 16.7 Å². The second-order valence-corrected chi connectivity index (χ2v) is 7.44. The largest absolute Gasteiger partial charge is 0.309 e. The Hall–Kier alpha value is -4.14. The van der Waals surface area contributed by atoms with Crippen molar-refractivity contribution < 1.29 is 4.79 Å². The lowest BCUT2D eigenvalue weighted by atomic mass is 10.1. The van der Waals surface area contributed by atoms with E-state index in [2.05, 4.69) is 15.1 Å². The molecule has 0 radical (unpaired) electrons. The fourth-order valence-corrected chi connectivity index (χ4v) is 3.61. The van der Waals surface area contributed by atoms with Gasteiger partial charge in [0.15, 0.2) is 0 Å². The van der Waals surface area contributed by atoms with Gasteiger partial charge in [-0.3, -0.25) is 4.79 Å². The van der Waals surface area contributed by atoms with E-state index in [1.807, 2.05) is 97.1 Å². The highest BCUT2D eigenvalue weighted by Crippen LogP contribution is 2.35. The van der Waals surface area contributed by atoms with Gasteiger partial charge >= 0.3 is 0 Å². The van der Waals surface area contributed by atoms with Crippen LogP contribution in [0.2, 0.25) is 5.02 Å². The number of hydrogen-bond acceptors (Lipinski definition) is 3. The molecule has 0 fully saturated rings. The highest BCUT2D eigenvalue weighted by atomic mass is 35.5. The van der Waals surface area contributed by atoms with Crippen molar-refractivity contribution in [2.75, 3.05) is 0 Å². The van der Waals surface area contributed by atoms with Gasteiger partial charge in [-0.15, -0.1) is 0 Å². The number of nitrogens with one attached hydrogen (secondary N) is 1. The third-order valence-electron chi connectivity index (χ3n) is 4.86. The van der Waals surface area contributed by atoms with E-state index in [9.17, 15) is 4.79 Å². The van der Waals surface area contributed by atoms with Crippen LogP contribution in [-0.2, 0) is 4.79 Å². The summed E-state index contributed by atoms with van der Waals surface area (Å²) in [7, 11) is 0. The van der Waals surface area contributed by atoms with Crippen molar-refractivity contribution in [3.05, 3.63) is 102 Å². The SMILES string of the molecule is N#CCC(=O)N/N=C/c1cc(-c2ccccc2)n(-c2ccc(Cl)cc2)c1-c1ccccc1. The molecule has 156 valence electrons. The first-order chi connectivity index (χ1) is 15.7. The lowest BCUT2D eigenvalue weighted by Gasteiger charge is -2.15. The van der Waals surface area contributed by atoms with Gasteiger partial charge in [0.2, 0.25) is 0 Å². The number of carbonyl (C=O) groups excluding carboxylic acids is 1. The minimum atomic E-state index is -0.453. The Morgan fingerprint density at radius 3 is 2.22 bits per heavy atom. The molecule has 0 spiro atoms. The van der Waals surface area contributed by atoms with Gasteiger partial charge in [-0.05, 0) is 41.5 Å². The zero-order valence-corrected chi connectivity index (χ0v) is 17.8. The molecule has 0 unspecified atom stereocenters. The van der Waals surface area contributed by atoms with Crippen molar-refractivity contribution >= 4 is 23.7 Å². The van der Waals surface area contributed by atoms with Gasteiger partial charge in [0, 0.05) is 16.3 Å². The molecule has 0 saturated heterocycles. The molecule has 0 atom stereocenters. The monoisotopic (exact) mass is 438 g/mol. The molecule has 3 aromatic carbocycles. The van der Waals surface area contributed by atoms with Crippen LogP contribution >= 0.6 is 11.6 Å². The standard InChI is InChI=1S/C26H19ClN4O/c27-22-11-13-23(14-12-22)31-24(19-7-3-1-4-8-19)17-21(18-29-30-25(32)15-16-28)26(31)20-9-5-2-6-10-20/h1-14,17-18H,15H2,(H,30,32)/b29-18+. The van der Waals surface area contributed by atoms with E-state index in [0.29, 0.717) is 5.02 Å². The Bertz CT molecular complexity index is 1290. The van der Waals surface area contributed by atoms with E-state index in [1.54, 1.807) is 6.21 Å². The zero-order valence-electron chi connectivity index (χ0n) is 17.1. The van der Waals surface area contributed by atoms with Gasteiger partial charge in [-0.2, -0.15) is 10.4 Å². The van der Waals surface area contributed by atoms with Crippen molar-refractivity contribution in [1.82, 2.24) is 9.99 Å². The molecule has 1 N–H and O–H groups in total. The molecular weight excluding hydrogens is 420 g/mol. The lowest BCUT2D eigenvalue weighted by Crippen LogP contribution is -2.16. The molecule has 0 saturated carbocycles. The maximum atomic E-state index is 11.7. The number of nitriles is 1. The first-order valence-electron chi connectivity index (χ1n) is 9.99. The summed E-state index contributed by atoms with van der Waals surface area (Å²) in [5.41, 5.74) is 8.09. The van der Waals surface area contributed by atoms with E-state index < -0.39 is 5.91 Å². The fraction of sp³-hybridized carbons (Fsp3) is 0.0385.